The first-order chi connectivity index (χ1) is 8.01. The van der Waals surface area contributed by atoms with Crippen LogP contribution in [0.2, 0.25) is 0 Å². The highest BCUT2D eigenvalue weighted by Gasteiger charge is 2.26. The minimum absolute atomic E-state index is 0.271. The summed E-state index contributed by atoms with van der Waals surface area (Å²) in [6.45, 7) is 5.61. The summed E-state index contributed by atoms with van der Waals surface area (Å²) in [5.74, 6) is -0.271. The van der Waals surface area contributed by atoms with Crippen LogP contribution in [0.5, 0.6) is 0 Å². The van der Waals surface area contributed by atoms with E-state index in [-0.39, 0.29) is 5.91 Å². The highest BCUT2D eigenvalue weighted by atomic mass is 16.2. The van der Waals surface area contributed by atoms with Crippen molar-refractivity contribution in [3.63, 3.8) is 0 Å². The Hall–Kier alpha value is -1.89. The van der Waals surface area contributed by atoms with Gasteiger partial charge in [0.2, 0.25) is 5.91 Å². The van der Waals surface area contributed by atoms with Crippen molar-refractivity contribution in [3.8, 4) is 6.07 Å². The Bertz CT molecular complexity index is 446. The van der Waals surface area contributed by atoms with E-state index in [9.17, 15) is 4.79 Å². The summed E-state index contributed by atoms with van der Waals surface area (Å²) in [5, 5.41) is 11.6. The zero-order valence-electron chi connectivity index (χ0n) is 10.4. The van der Waals surface area contributed by atoms with Gasteiger partial charge in [-0.25, -0.2) is 0 Å². The number of carbonyl (C=O) groups is 1. The van der Waals surface area contributed by atoms with Crippen molar-refractivity contribution < 1.29 is 4.79 Å². The summed E-state index contributed by atoms with van der Waals surface area (Å²) in [6.07, 6.45) is 2.58. The second-order valence-corrected chi connectivity index (χ2v) is 4.38. The molecule has 0 aliphatic carbocycles. The maximum absolute atomic E-state index is 11.7. The number of aryl methyl sites for hydroxylation is 1. The summed E-state index contributed by atoms with van der Waals surface area (Å²) in [6, 6.07) is 5.84. The van der Waals surface area contributed by atoms with Crippen LogP contribution in [0.1, 0.15) is 32.0 Å². The maximum atomic E-state index is 11.7. The van der Waals surface area contributed by atoms with Crippen LogP contribution < -0.4 is 5.32 Å². The van der Waals surface area contributed by atoms with Crippen LogP contribution in [0.4, 0.5) is 0 Å². The Kier molecular flexibility index (Phi) is 4.22. The van der Waals surface area contributed by atoms with Crippen molar-refractivity contribution >= 4 is 5.91 Å². The molecule has 0 saturated carbocycles. The summed E-state index contributed by atoms with van der Waals surface area (Å²) in [4.78, 5) is 15.9. The number of amides is 1. The number of pyridine rings is 1. The number of nitrogens with one attached hydrogen (secondary N) is 1. The van der Waals surface area contributed by atoms with E-state index >= 15 is 0 Å². The number of hydrogen-bond acceptors (Lipinski definition) is 3. The first-order valence-corrected chi connectivity index (χ1v) is 5.63. The molecule has 0 atom stereocenters. The van der Waals surface area contributed by atoms with Gasteiger partial charge >= 0.3 is 0 Å². The van der Waals surface area contributed by atoms with Crippen molar-refractivity contribution in [1.82, 2.24) is 10.3 Å². The second-order valence-electron chi connectivity index (χ2n) is 4.38. The molecule has 1 heterocycles. The molecular formula is C13H17N3O. The number of nitrogens with zero attached hydrogens (tertiary/aromatic N) is 2. The lowest BCUT2D eigenvalue weighted by Gasteiger charge is -2.15. The molecule has 0 radical (unpaired) electrons. The monoisotopic (exact) mass is 231 g/mol. The van der Waals surface area contributed by atoms with E-state index in [4.69, 9.17) is 5.26 Å². The number of rotatable bonds is 4. The molecule has 17 heavy (non-hydrogen) atoms. The first kappa shape index (κ1) is 13.2. The molecule has 1 rings (SSSR count). The van der Waals surface area contributed by atoms with Gasteiger partial charge < -0.3 is 5.32 Å². The van der Waals surface area contributed by atoms with Gasteiger partial charge in [0.05, 0.1) is 18.3 Å². The van der Waals surface area contributed by atoms with Gasteiger partial charge in [0, 0.05) is 6.20 Å². The van der Waals surface area contributed by atoms with Gasteiger partial charge in [-0.3, -0.25) is 9.78 Å². The van der Waals surface area contributed by atoms with Crippen LogP contribution in [0.3, 0.4) is 0 Å². The molecule has 0 aromatic carbocycles. The molecule has 1 aromatic heterocycles. The minimum atomic E-state index is -0.999. The third kappa shape index (κ3) is 3.28. The lowest BCUT2D eigenvalue weighted by Crippen LogP contribution is -2.35. The fourth-order valence-corrected chi connectivity index (χ4v) is 1.39. The zero-order valence-corrected chi connectivity index (χ0v) is 10.4. The van der Waals surface area contributed by atoms with Gasteiger partial charge in [-0.1, -0.05) is 13.0 Å². The quantitative estimate of drug-likeness (QED) is 0.859. The van der Waals surface area contributed by atoms with Gasteiger partial charge in [0.1, 0.15) is 5.41 Å². The molecule has 0 spiro atoms. The Morgan fingerprint density at radius 2 is 2.29 bits per heavy atom. The molecule has 0 aliphatic heterocycles. The third-order valence-corrected chi connectivity index (χ3v) is 2.63. The third-order valence-electron chi connectivity index (χ3n) is 2.63. The van der Waals surface area contributed by atoms with E-state index in [1.54, 1.807) is 20.0 Å². The van der Waals surface area contributed by atoms with Gasteiger partial charge in [-0.05, 0) is 31.9 Å². The first-order valence-electron chi connectivity index (χ1n) is 5.63. The predicted molar refractivity (Wildman–Crippen MR) is 64.9 cm³/mol. The van der Waals surface area contributed by atoms with Crippen LogP contribution in [0, 0.1) is 16.7 Å². The largest absolute Gasteiger partial charge is 0.349 e. The zero-order chi connectivity index (χ0) is 12.9. The fourth-order valence-electron chi connectivity index (χ4n) is 1.39. The van der Waals surface area contributed by atoms with Crippen LogP contribution in [-0.4, -0.2) is 10.9 Å². The Labute approximate surface area is 102 Å². The molecule has 0 fully saturated rings. The normalized spacial score (nSPS) is 10.7. The lowest BCUT2D eigenvalue weighted by molar-refractivity contribution is -0.126. The summed E-state index contributed by atoms with van der Waals surface area (Å²) >= 11 is 0. The molecule has 4 heteroatoms. The molecule has 4 nitrogen and oxygen atoms in total. The smallest absolute Gasteiger partial charge is 0.240 e. The molecule has 0 saturated heterocycles. The Balaban J connectivity index is 2.69. The average molecular weight is 231 g/mol. The van der Waals surface area contributed by atoms with Gasteiger partial charge in [-0.15, -0.1) is 0 Å². The molecule has 0 unspecified atom stereocenters. The van der Waals surface area contributed by atoms with Crippen molar-refractivity contribution in [2.24, 2.45) is 5.41 Å². The molecular weight excluding hydrogens is 214 g/mol. The summed E-state index contributed by atoms with van der Waals surface area (Å²) in [7, 11) is 0. The minimum Gasteiger partial charge on any atom is -0.349 e. The molecule has 0 aliphatic rings. The SMILES string of the molecule is CCc1cccnc1CNC(=O)C(C)(C)C#N. The van der Waals surface area contributed by atoms with E-state index in [0.717, 1.165) is 17.7 Å². The van der Waals surface area contributed by atoms with Crippen molar-refractivity contribution in [1.29, 1.82) is 5.26 Å². The molecule has 1 amide bonds. The van der Waals surface area contributed by atoms with E-state index in [1.807, 2.05) is 25.1 Å². The number of hydrogen-bond donors (Lipinski definition) is 1. The van der Waals surface area contributed by atoms with E-state index in [1.165, 1.54) is 0 Å². The van der Waals surface area contributed by atoms with Crippen molar-refractivity contribution in [2.75, 3.05) is 0 Å². The lowest BCUT2D eigenvalue weighted by atomic mass is 9.95. The second kappa shape index (κ2) is 5.44. The number of nitriles is 1. The highest BCUT2D eigenvalue weighted by molar-refractivity contribution is 5.84. The van der Waals surface area contributed by atoms with E-state index < -0.39 is 5.41 Å². The highest BCUT2D eigenvalue weighted by Crippen LogP contribution is 2.13. The van der Waals surface area contributed by atoms with E-state index in [0.29, 0.717) is 6.54 Å². The summed E-state index contributed by atoms with van der Waals surface area (Å²) in [5.41, 5.74) is 0.973. The van der Waals surface area contributed by atoms with Crippen molar-refractivity contribution in [2.45, 2.75) is 33.7 Å². The van der Waals surface area contributed by atoms with Crippen LogP contribution >= 0.6 is 0 Å². The number of carbonyl (C=O) groups excluding carboxylic acids is 1. The average Bonchev–Trinajstić information content (AvgIpc) is 2.36. The van der Waals surface area contributed by atoms with Crippen LogP contribution in [0.15, 0.2) is 18.3 Å². The van der Waals surface area contributed by atoms with Crippen LogP contribution in [-0.2, 0) is 17.8 Å². The number of aromatic nitrogens is 1. The molecule has 1 N–H and O–H groups in total. The van der Waals surface area contributed by atoms with Gasteiger partial charge in [0.15, 0.2) is 0 Å². The standard InChI is InChI=1S/C13H17N3O/c1-4-10-6-5-7-15-11(10)8-16-12(17)13(2,3)9-14/h5-7H,4,8H2,1-3H3,(H,16,17). The fraction of sp³-hybridized carbons (Fsp3) is 0.462. The Morgan fingerprint density at radius 1 is 1.59 bits per heavy atom. The molecule has 1 aromatic rings. The topological polar surface area (TPSA) is 65.8 Å². The van der Waals surface area contributed by atoms with Gasteiger partial charge in [-0.2, -0.15) is 5.26 Å². The Morgan fingerprint density at radius 3 is 2.88 bits per heavy atom. The maximum Gasteiger partial charge on any atom is 0.240 e. The summed E-state index contributed by atoms with van der Waals surface area (Å²) < 4.78 is 0. The predicted octanol–water partition coefficient (Wildman–Crippen LogP) is 1.81. The van der Waals surface area contributed by atoms with Gasteiger partial charge in [0.25, 0.3) is 0 Å². The van der Waals surface area contributed by atoms with Crippen molar-refractivity contribution in [3.05, 3.63) is 29.6 Å². The molecule has 0 bridgehead atoms. The van der Waals surface area contributed by atoms with Crippen LogP contribution in [0.25, 0.3) is 0 Å². The molecule has 90 valence electrons. The van der Waals surface area contributed by atoms with E-state index in [2.05, 4.69) is 10.3 Å².